The van der Waals surface area contributed by atoms with Gasteiger partial charge in [-0.15, -0.1) is 0 Å². The summed E-state index contributed by atoms with van der Waals surface area (Å²) < 4.78 is 0. The molecule has 15 heavy (non-hydrogen) atoms. The standard InChI is InChI=1S/C7H7Cl2N3O2S/c1-3(15)5(12(13)14)4-6(8)10-2-11-7(4)9/h2-3,5,15H,1H3. The summed E-state index contributed by atoms with van der Waals surface area (Å²) in [4.78, 5) is 17.6. The highest BCUT2D eigenvalue weighted by Crippen LogP contribution is 2.32. The predicted molar refractivity (Wildman–Crippen MR) is 60.2 cm³/mol. The number of halogens is 2. The Kier molecular flexibility index (Phi) is 4.12. The van der Waals surface area contributed by atoms with Crippen LogP contribution in [0.5, 0.6) is 0 Å². The Morgan fingerprint density at radius 3 is 2.27 bits per heavy atom. The van der Waals surface area contributed by atoms with Gasteiger partial charge in [0.15, 0.2) is 0 Å². The Bertz CT molecular complexity index is 368. The van der Waals surface area contributed by atoms with Crippen molar-refractivity contribution in [3.05, 3.63) is 32.3 Å². The van der Waals surface area contributed by atoms with E-state index in [4.69, 9.17) is 23.2 Å². The van der Waals surface area contributed by atoms with E-state index < -0.39 is 16.2 Å². The van der Waals surface area contributed by atoms with Crippen molar-refractivity contribution in [2.24, 2.45) is 0 Å². The van der Waals surface area contributed by atoms with Gasteiger partial charge in [-0.2, -0.15) is 12.6 Å². The van der Waals surface area contributed by atoms with Crippen molar-refractivity contribution in [1.29, 1.82) is 0 Å². The van der Waals surface area contributed by atoms with Gasteiger partial charge in [0, 0.05) is 4.92 Å². The molecule has 0 amide bonds. The molecule has 0 aliphatic carbocycles. The summed E-state index contributed by atoms with van der Waals surface area (Å²) in [7, 11) is 0. The first-order chi connectivity index (χ1) is 6.95. The second-order valence-electron chi connectivity index (χ2n) is 2.84. The number of hydrogen-bond acceptors (Lipinski definition) is 5. The number of hydrogen-bond donors (Lipinski definition) is 1. The first kappa shape index (κ1) is 12.5. The van der Waals surface area contributed by atoms with Crippen molar-refractivity contribution in [1.82, 2.24) is 9.97 Å². The lowest BCUT2D eigenvalue weighted by Gasteiger charge is -2.13. The van der Waals surface area contributed by atoms with E-state index in [9.17, 15) is 10.1 Å². The number of nitro groups is 1. The van der Waals surface area contributed by atoms with Crippen LogP contribution in [0.3, 0.4) is 0 Å². The molecule has 0 bridgehead atoms. The molecule has 8 heteroatoms. The summed E-state index contributed by atoms with van der Waals surface area (Å²) in [6.45, 7) is 1.58. The summed E-state index contributed by atoms with van der Waals surface area (Å²) in [5, 5.41) is 10.3. The molecule has 0 saturated heterocycles. The Morgan fingerprint density at radius 1 is 1.47 bits per heavy atom. The minimum Gasteiger partial charge on any atom is -0.264 e. The molecule has 1 aromatic rings. The fourth-order valence-electron chi connectivity index (χ4n) is 1.12. The van der Waals surface area contributed by atoms with Gasteiger partial charge in [-0.1, -0.05) is 23.2 Å². The molecule has 0 N–H and O–H groups in total. The van der Waals surface area contributed by atoms with Crippen LogP contribution < -0.4 is 0 Å². The third-order valence-electron chi connectivity index (χ3n) is 1.77. The van der Waals surface area contributed by atoms with E-state index in [1.54, 1.807) is 6.92 Å². The first-order valence-electron chi connectivity index (χ1n) is 3.92. The molecule has 0 aliphatic heterocycles. The van der Waals surface area contributed by atoms with Gasteiger partial charge >= 0.3 is 0 Å². The Morgan fingerprint density at radius 2 is 1.93 bits per heavy atom. The van der Waals surface area contributed by atoms with Gasteiger partial charge in [0.25, 0.3) is 6.04 Å². The highest BCUT2D eigenvalue weighted by atomic mass is 35.5. The molecule has 1 aromatic heterocycles. The minimum absolute atomic E-state index is 0.0161. The van der Waals surface area contributed by atoms with Crippen molar-refractivity contribution in [3.8, 4) is 0 Å². The van der Waals surface area contributed by atoms with Crippen LogP contribution in [-0.2, 0) is 0 Å². The average Bonchev–Trinajstić information content (AvgIpc) is 2.09. The molecule has 2 unspecified atom stereocenters. The molecular formula is C7H7Cl2N3O2S. The highest BCUT2D eigenvalue weighted by molar-refractivity contribution is 7.81. The van der Waals surface area contributed by atoms with Crippen LogP contribution in [0.25, 0.3) is 0 Å². The number of thiol groups is 1. The molecule has 0 spiro atoms. The van der Waals surface area contributed by atoms with Crippen LogP contribution in [0.1, 0.15) is 18.5 Å². The van der Waals surface area contributed by atoms with Crippen LogP contribution >= 0.6 is 35.8 Å². The smallest absolute Gasteiger partial charge is 0.255 e. The summed E-state index contributed by atoms with van der Waals surface area (Å²) in [5.74, 6) is 0. The maximum atomic E-state index is 10.8. The summed E-state index contributed by atoms with van der Waals surface area (Å²) in [5.41, 5.74) is 0.105. The third-order valence-corrected chi connectivity index (χ3v) is 2.65. The molecule has 0 radical (unpaired) electrons. The molecular weight excluding hydrogens is 261 g/mol. The van der Waals surface area contributed by atoms with E-state index in [-0.39, 0.29) is 15.9 Å². The average molecular weight is 268 g/mol. The highest BCUT2D eigenvalue weighted by Gasteiger charge is 2.33. The Hall–Kier alpha value is -0.590. The molecule has 0 fully saturated rings. The van der Waals surface area contributed by atoms with Crippen molar-refractivity contribution < 1.29 is 4.92 Å². The van der Waals surface area contributed by atoms with Crippen LogP contribution in [0, 0.1) is 10.1 Å². The van der Waals surface area contributed by atoms with Crippen molar-refractivity contribution in [2.75, 3.05) is 0 Å². The van der Waals surface area contributed by atoms with Crippen LogP contribution in [-0.4, -0.2) is 20.1 Å². The van der Waals surface area contributed by atoms with Crippen molar-refractivity contribution in [2.45, 2.75) is 18.2 Å². The molecule has 1 heterocycles. The molecule has 0 saturated carbocycles. The van der Waals surface area contributed by atoms with E-state index in [0.29, 0.717) is 0 Å². The molecule has 5 nitrogen and oxygen atoms in total. The first-order valence-corrected chi connectivity index (χ1v) is 5.19. The maximum absolute atomic E-state index is 10.8. The van der Waals surface area contributed by atoms with E-state index in [1.807, 2.05) is 0 Å². The Labute approximate surface area is 101 Å². The quantitative estimate of drug-likeness (QED) is 0.395. The van der Waals surface area contributed by atoms with Gasteiger partial charge in [-0.3, -0.25) is 10.1 Å². The zero-order chi connectivity index (χ0) is 11.6. The molecule has 82 valence electrons. The van der Waals surface area contributed by atoms with Gasteiger partial charge in [0.1, 0.15) is 22.2 Å². The van der Waals surface area contributed by atoms with Crippen LogP contribution in [0.4, 0.5) is 0 Å². The van der Waals surface area contributed by atoms with Gasteiger partial charge < -0.3 is 0 Å². The maximum Gasteiger partial charge on any atom is 0.255 e. The monoisotopic (exact) mass is 267 g/mol. The van der Waals surface area contributed by atoms with E-state index in [2.05, 4.69) is 22.6 Å². The second kappa shape index (κ2) is 4.96. The van der Waals surface area contributed by atoms with E-state index in [0.717, 1.165) is 6.33 Å². The number of nitrogens with zero attached hydrogens (tertiary/aromatic N) is 3. The lowest BCUT2D eigenvalue weighted by Crippen LogP contribution is -2.20. The zero-order valence-corrected chi connectivity index (χ0v) is 10.00. The third kappa shape index (κ3) is 2.70. The molecule has 0 aromatic carbocycles. The summed E-state index contributed by atoms with van der Waals surface area (Å²) in [6.07, 6.45) is 1.15. The second-order valence-corrected chi connectivity index (χ2v) is 4.37. The fraction of sp³-hybridized carbons (Fsp3) is 0.429. The van der Waals surface area contributed by atoms with E-state index >= 15 is 0 Å². The topological polar surface area (TPSA) is 68.9 Å². The summed E-state index contributed by atoms with van der Waals surface area (Å²) in [6, 6.07) is -1.12. The van der Waals surface area contributed by atoms with Crippen molar-refractivity contribution in [3.63, 3.8) is 0 Å². The van der Waals surface area contributed by atoms with Crippen LogP contribution in [0.2, 0.25) is 10.3 Å². The normalized spacial score (nSPS) is 14.7. The number of aromatic nitrogens is 2. The largest absolute Gasteiger partial charge is 0.264 e. The van der Waals surface area contributed by atoms with Gasteiger partial charge in [0.2, 0.25) is 0 Å². The lowest BCUT2D eigenvalue weighted by molar-refractivity contribution is -0.527. The predicted octanol–water partition coefficient (Wildman–Crippen LogP) is 2.42. The van der Waals surface area contributed by atoms with E-state index in [1.165, 1.54) is 0 Å². The van der Waals surface area contributed by atoms with Crippen LogP contribution in [0.15, 0.2) is 6.33 Å². The van der Waals surface area contributed by atoms with Gasteiger partial charge in [-0.25, -0.2) is 9.97 Å². The van der Waals surface area contributed by atoms with Gasteiger partial charge in [0.05, 0.1) is 5.25 Å². The SMILES string of the molecule is CC(S)C(c1c(Cl)ncnc1Cl)[N+](=O)[O-]. The van der Waals surface area contributed by atoms with Gasteiger partial charge in [-0.05, 0) is 6.92 Å². The Balaban J connectivity index is 3.28. The lowest BCUT2D eigenvalue weighted by atomic mass is 10.1. The molecule has 0 aliphatic rings. The minimum atomic E-state index is -1.12. The molecule has 2 atom stereocenters. The number of rotatable bonds is 3. The fourth-order valence-corrected chi connectivity index (χ4v) is 1.92. The summed E-state index contributed by atoms with van der Waals surface area (Å²) >= 11 is 15.5. The van der Waals surface area contributed by atoms with Crippen molar-refractivity contribution >= 4 is 35.8 Å². The molecule has 1 rings (SSSR count). The zero-order valence-electron chi connectivity index (χ0n) is 7.59.